The summed E-state index contributed by atoms with van der Waals surface area (Å²) < 4.78 is 12.0. The molecule has 0 fully saturated rings. The number of ether oxygens (including phenoxy) is 2. The van der Waals surface area contributed by atoms with Crippen molar-refractivity contribution in [3.8, 4) is 5.75 Å². The lowest BCUT2D eigenvalue weighted by Gasteiger charge is -2.04. The van der Waals surface area contributed by atoms with E-state index < -0.39 is 0 Å². The minimum absolute atomic E-state index is 0. The first-order chi connectivity index (χ1) is 8.74. The zero-order chi connectivity index (χ0) is 13.0. The SMILES string of the molecule is CCOC(=O)C[n+]1ccc2c(OC)cccc2c1.[Br-]. The van der Waals surface area contributed by atoms with Gasteiger partial charge in [0.2, 0.25) is 6.54 Å². The number of nitrogens with zero attached hydrogens (tertiary/aromatic N) is 1. The second-order valence-electron chi connectivity index (χ2n) is 3.89. The number of hydrogen-bond donors (Lipinski definition) is 0. The Morgan fingerprint density at radius 3 is 2.79 bits per heavy atom. The molecule has 0 aliphatic rings. The van der Waals surface area contributed by atoms with Crippen LogP contribution in [0.1, 0.15) is 6.92 Å². The molecular formula is C14H16BrNO3. The fraction of sp³-hybridized carbons (Fsp3) is 0.286. The fourth-order valence-electron chi connectivity index (χ4n) is 1.88. The molecule has 102 valence electrons. The maximum absolute atomic E-state index is 11.4. The van der Waals surface area contributed by atoms with Gasteiger partial charge in [-0.1, -0.05) is 6.07 Å². The van der Waals surface area contributed by atoms with E-state index in [0.29, 0.717) is 6.61 Å². The van der Waals surface area contributed by atoms with Crippen LogP contribution in [-0.4, -0.2) is 19.7 Å². The number of esters is 1. The first-order valence-electron chi connectivity index (χ1n) is 5.86. The van der Waals surface area contributed by atoms with E-state index in [9.17, 15) is 4.79 Å². The topological polar surface area (TPSA) is 39.4 Å². The molecule has 19 heavy (non-hydrogen) atoms. The van der Waals surface area contributed by atoms with Gasteiger partial charge in [-0.05, 0) is 19.1 Å². The van der Waals surface area contributed by atoms with Crippen molar-refractivity contribution < 1.29 is 35.8 Å². The average molecular weight is 326 g/mol. The number of rotatable bonds is 4. The van der Waals surface area contributed by atoms with Gasteiger partial charge >= 0.3 is 5.97 Å². The van der Waals surface area contributed by atoms with Crippen LogP contribution in [0.2, 0.25) is 0 Å². The summed E-state index contributed by atoms with van der Waals surface area (Å²) in [5, 5.41) is 2.06. The third kappa shape index (κ3) is 3.67. The molecule has 0 saturated heterocycles. The van der Waals surface area contributed by atoms with Crippen LogP contribution in [-0.2, 0) is 16.1 Å². The molecule has 1 aromatic heterocycles. The molecule has 0 aliphatic heterocycles. The standard InChI is InChI=1S/C14H16NO3.BrH/c1-3-18-14(16)10-15-8-7-12-11(9-15)5-4-6-13(12)17-2;/h4-9H,3,10H2,1-2H3;1H/q+1;/p-1. The molecule has 1 aromatic carbocycles. The molecule has 0 bridgehead atoms. The summed E-state index contributed by atoms with van der Waals surface area (Å²) in [4.78, 5) is 11.4. The molecule has 0 N–H and O–H groups in total. The second-order valence-corrected chi connectivity index (χ2v) is 3.89. The van der Waals surface area contributed by atoms with Crippen LogP contribution in [0.15, 0.2) is 36.7 Å². The van der Waals surface area contributed by atoms with E-state index in [4.69, 9.17) is 9.47 Å². The number of halogens is 1. The first kappa shape index (κ1) is 15.4. The molecule has 0 saturated carbocycles. The van der Waals surface area contributed by atoms with Gasteiger partial charge in [0.25, 0.3) is 0 Å². The monoisotopic (exact) mass is 325 g/mol. The van der Waals surface area contributed by atoms with Gasteiger partial charge < -0.3 is 26.5 Å². The number of methoxy groups -OCH3 is 1. The largest absolute Gasteiger partial charge is 1.00 e. The van der Waals surface area contributed by atoms with Crippen LogP contribution in [0.3, 0.4) is 0 Å². The van der Waals surface area contributed by atoms with E-state index in [2.05, 4.69) is 0 Å². The van der Waals surface area contributed by atoms with Gasteiger partial charge in [0.1, 0.15) is 5.75 Å². The van der Waals surface area contributed by atoms with E-state index in [-0.39, 0.29) is 29.5 Å². The zero-order valence-corrected chi connectivity index (χ0v) is 12.5. The molecule has 0 unspecified atom stereocenters. The summed E-state index contributed by atoms with van der Waals surface area (Å²) in [6.07, 6.45) is 3.76. The van der Waals surface area contributed by atoms with E-state index in [1.165, 1.54) is 0 Å². The lowest BCUT2D eigenvalue weighted by Crippen LogP contribution is -3.00. The molecule has 2 rings (SSSR count). The number of aromatic nitrogens is 1. The van der Waals surface area contributed by atoms with E-state index in [1.54, 1.807) is 18.6 Å². The molecule has 4 nitrogen and oxygen atoms in total. The average Bonchev–Trinajstić information content (AvgIpc) is 2.38. The van der Waals surface area contributed by atoms with Crippen LogP contribution >= 0.6 is 0 Å². The fourth-order valence-corrected chi connectivity index (χ4v) is 1.88. The van der Waals surface area contributed by atoms with Gasteiger partial charge in [-0.15, -0.1) is 0 Å². The highest BCUT2D eigenvalue weighted by Crippen LogP contribution is 2.23. The minimum Gasteiger partial charge on any atom is -1.00 e. The Balaban J connectivity index is 0.00000180. The highest BCUT2D eigenvalue weighted by atomic mass is 79.9. The Labute approximate surface area is 122 Å². The Bertz CT molecular complexity index is 572. The molecule has 2 aromatic rings. The van der Waals surface area contributed by atoms with Gasteiger partial charge in [0.15, 0.2) is 12.4 Å². The number of carbonyl (C=O) groups excluding carboxylic acids is 1. The second kappa shape index (κ2) is 7.09. The van der Waals surface area contributed by atoms with Crippen molar-refractivity contribution in [2.75, 3.05) is 13.7 Å². The summed E-state index contributed by atoms with van der Waals surface area (Å²) in [5.41, 5.74) is 0. The van der Waals surface area contributed by atoms with Crippen molar-refractivity contribution in [2.24, 2.45) is 0 Å². The molecule has 0 amide bonds. The Hall–Kier alpha value is -1.62. The normalized spacial score (nSPS) is 9.79. The number of fused-ring (bicyclic) bond motifs is 1. The predicted octanol–water partition coefficient (Wildman–Crippen LogP) is -1.30. The zero-order valence-electron chi connectivity index (χ0n) is 10.9. The van der Waals surface area contributed by atoms with Crippen LogP contribution < -0.4 is 26.3 Å². The summed E-state index contributed by atoms with van der Waals surface area (Å²) >= 11 is 0. The number of pyridine rings is 1. The summed E-state index contributed by atoms with van der Waals surface area (Å²) in [5.74, 6) is 0.598. The van der Waals surface area contributed by atoms with E-state index >= 15 is 0 Å². The number of benzene rings is 1. The Morgan fingerprint density at radius 1 is 1.32 bits per heavy atom. The number of hydrogen-bond acceptors (Lipinski definition) is 3. The number of carbonyl (C=O) groups is 1. The third-order valence-electron chi connectivity index (χ3n) is 2.67. The van der Waals surface area contributed by atoms with Crippen LogP contribution in [0.5, 0.6) is 5.75 Å². The molecule has 0 spiro atoms. The highest BCUT2D eigenvalue weighted by molar-refractivity contribution is 5.86. The van der Waals surface area contributed by atoms with Gasteiger partial charge in [0, 0.05) is 16.8 Å². The Kier molecular flexibility index (Phi) is 5.76. The van der Waals surface area contributed by atoms with Gasteiger partial charge in [-0.2, -0.15) is 4.57 Å². The summed E-state index contributed by atoms with van der Waals surface area (Å²) in [6, 6.07) is 7.76. The molecular weight excluding hydrogens is 310 g/mol. The smallest absolute Gasteiger partial charge is 0.372 e. The van der Waals surface area contributed by atoms with Crippen LogP contribution in [0.4, 0.5) is 0 Å². The van der Waals surface area contributed by atoms with Gasteiger partial charge in [0.05, 0.1) is 13.7 Å². The summed E-state index contributed by atoms with van der Waals surface area (Å²) in [7, 11) is 1.65. The molecule has 5 heteroatoms. The van der Waals surface area contributed by atoms with E-state index in [0.717, 1.165) is 16.5 Å². The lowest BCUT2D eigenvalue weighted by molar-refractivity contribution is -0.684. The Morgan fingerprint density at radius 2 is 2.11 bits per heavy atom. The molecule has 1 heterocycles. The van der Waals surface area contributed by atoms with Crippen molar-refractivity contribution >= 4 is 16.7 Å². The van der Waals surface area contributed by atoms with Crippen molar-refractivity contribution in [1.82, 2.24) is 0 Å². The van der Waals surface area contributed by atoms with Gasteiger partial charge in [-0.25, -0.2) is 4.79 Å². The first-order valence-corrected chi connectivity index (χ1v) is 5.86. The predicted molar refractivity (Wildman–Crippen MR) is 67.3 cm³/mol. The molecule has 0 aliphatic carbocycles. The highest BCUT2D eigenvalue weighted by Gasteiger charge is 2.11. The minimum atomic E-state index is -0.232. The van der Waals surface area contributed by atoms with Crippen molar-refractivity contribution in [3.05, 3.63) is 36.7 Å². The van der Waals surface area contributed by atoms with Crippen molar-refractivity contribution in [1.29, 1.82) is 0 Å². The quantitative estimate of drug-likeness (QED) is 0.518. The van der Waals surface area contributed by atoms with Crippen LogP contribution in [0, 0.1) is 0 Å². The lowest BCUT2D eigenvalue weighted by atomic mass is 10.1. The molecule has 0 atom stereocenters. The van der Waals surface area contributed by atoms with Crippen LogP contribution in [0.25, 0.3) is 10.8 Å². The molecule has 0 radical (unpaired) electrons. The van der Waals surface area contributed by atoms with E-state index in [1.807, 2.05) is 36.7 Å². The van der Waals surface area contributed by atoms with Crippen molar-refractivity contribution in [3.63, 3.8) is 0 Å². The maximum atomic E-state index is 11.4. The third-order valence-corrected chi connectivity index (χ3v) is 2.67. The van der Waals surface area contributed by atoms with Gasteiger partial charge in [-0.3, -0.25) is 0 Å². The van der Waals surface area contributed by atoms with Crippen molar-refractivity contribution in [2.45, 2.75) is 13.5 Å². The summed E-state index contributed by atoms with van der Waals surface area (Å²) in [6.45, 7) is 2.43. The maximum Gasteiger partial charge on any atom is 0.372 e.